The predicted octanol–water partition coefficient (Wildman–Crippen LogP) is 2.95. The lowest BCUT2D eigenvalue weighted by Crippen LogP contribution is -2.52. The molecule has 1 aliphatic heterocycles. The molecule has 1 heterocycles. The molecular weight excluding hydrogens is 445 g/mol. The van der Waals surface area contributed by atoms with Crippen LogP contribution in [0.4, 0.5) is 0 Å². The fourth-order valence-electron chi connectivity index (χ4n) is 4.01. The van der Waals surface area contributed by atoms with Gasteiger partial charge in [-0.25, -0.2) is 0 Å². The van der Waals surface area contributed by atoms with Gasteiger partial charge < -0.3 is 24.8 Å². The summed E-state index contributed by atoms with van der Waals surface area (Å²) >= 11 is 0. The van der Waals surface area contributed by atoms with E-state index in [4.69, 9.17) is 14.2 Å². The minimum absolute atomic E-state index is 0. The number of rotatable bonds is 9. The van der Waals surface area contributed by atoms with Gasteiger partial charge in [0.25, 0.3) is 0 Å². The summed E-state index contributed by atoms with van der Waals surface area (Å²) in [5, 5.41) is 7.02. The highest BCUT2D eigenvalue weighted by Crippen LogP contribution is 2.40. The average molecular weight is 483 g/mol. The number of hydrogen-bond acceptors (Lipinski definition) is 4. The Morgan fingerprint density at radius 2 is 1.73 bits per heavy atom. The first-order valence-electron chi connectivity index (χ1n) is 9.83. The van der Waals surface area contributed by atoms with E-state index in [1.54, 1.807) is 7.11 Å². The Morgan fingerprint density at radius 1 is 1.08 bits per heavy atom. The van der Waals surface area contributed by atoms with E-state index in [9.17, 15) is 0 Å². The van der Waals surface area contributed by atoms with Gasteiger partial charge >= 0.3 is 0 Å². The van der Waals surface area contributed by atoms with Crippen molar-refractivity contribution in [2.45, 2.75) is 57.5 Å². The van der Waals surface area contributed by atoms with E-state index in [0.29, 0.717) is 5.41 Å². The molecule has 2 aliphatic rings. The SMILES string of the molecule is CCOCCC1(CNC(=NC)NCC2(OC)CCOCC2)CCCC1.I. The Morgan fingerprint density at radius 3 is 2.31 bits per heavy atom. The maximum absolute atomic E-state index is 5.80. The fourth-order valence-corrected chi connectivity index (χ4v) is 4.01. The number of nitrogens with zero attached hydrogens (tertiary/aromatic N) is 1. The summed E-state index contributed by atoms with van der Waals surface area (Å²) < 4.78 is 16.9. The Kier molecular flexibility index (Phi) is 11.4. The molecule has 0 aromatic rings. The fraction of sp³-hybridized carbons (Fsp3) is 0.947. The molecule has 0 amide bonds. The molecule has 2 N–H and O–H groups in total. The normalized spacial score (nSPS) is 21.9. The van der Waals surface area contributed by atoms with Gasteiger partial charge in [-0.1, -0.05) is 12.8 Å². The third-order valence-corrected chi connectivity index (χ3v) is 5.91. The molecule has 0 aromatic heterocycles. The second-order valence-electron chi connectivity index (χ2n) is 7.43. The van der Waals surface area contributed by atoms with Crippen LogP contribution in [-0.4, -0.2) is 65.2 Å². The van der Waals surface area contributed by atoms with E-state index in [2.05, 4.69) is 22.5 Å². The maximum atomic E-state index is 5.80. The third-order valence-electron chi connectivity index (χ3n) is 5.91. The van der Waals surface area contributed by atoms with Crippen LogP contribution in [0, 0.1) is 5.41 Å². The van der Waals surface area contributed by atoms with Gasteiger partial charge in [-0.15, -0.1) is 24.0 Å². The van der Waals surface area contributed by atoms with Crippen molar-refractivity contribution >= 4 is 29.9 Å². The number of guanidine groups is 1. The summed E-state index contributed by atoms with van der Waals surface area (Å²) in [6, 6.07) is 0. The van der Waals surface area contributed by atoms with E-state index in [0.717, 1.165) is 64.7 Å². The monoisotopic (exact) mass is 483 g/mol. The van der Waals surface area contributed by atoms with E-state index in [-0.39, 0.29) is 29.6 Å². The van der Waals surface area contributed by atoms with Crippen LogP contribution in [0.5, 0.6) is 0 Å². The molecular formula is C19H38IN3O3. The minimum Gasteiger partial charge on any atom is -0.382 e. The summed E-state index contributed by atoms with van der Waals surface area (Å²) in [5.41, 5.74) is 0.209. The first-order chi connectivity index (χ1) is 12.2. The molecule has 6 nitrogen and oxygen atoms in total. The molecule has 0 unspecified atom stereocenters. The van der Waals surface area contributed by atoms with Crippen molar-refractivity contribution < 1.29 is 14.2 Å². The zero-order valence-electron chi connectivity index (χ0n) is 16.8. The average Bonchev–Trinajstić information content (AvgIpc) is 3.12. The molecule has 0 radical (unpaired) electrons. The largest absolute Gasteiger partial charge is 0.382 e. The van der Waals surface area contributed by atoms with Gasteiger partial charge in [-0.3, -0.25) is 4.99 Å². The molecule has 7 heteroatoms. The number of hydrogen-bond donors (Lipinski definition) is 2. The maximum Gasteiger partial charge on any atom is 0.191 e. The quantitative estimate of drug-likeness (QED) is 0.229. The van der Waals surface area contributed by atoms with Crippen molar-refractivity contribution in [3.05, 3.63) is 0 Å². The Balaban J connectivity index is 0.00000338. The van der Waals surface area contributed by atoms with E-state index in [1.807, 2.05) is 7.05 Å². The summed E-state index contributed by atoms with van der Waals surface area (Å²) in [4.78, 5) is 4.40. The highest BCUT2D eigenvalue weighted by Gasteiger charge is 2.35. The van der Waals surface area contributed by atoms with Crippen molar-refractivity contribution in [2.75, 3.05) is 53.7 Å². The van der Waals surface area contributed by atoms with Gasteiger partial charge in [0, 0.05) is 66.5 Å². The number of nitrogens with one attached hydrogen (secondary N) is 2. The molecule has 0 bridgehead atoms. The van der Waals surface area contributed by atoms with Crippen LogP contribution in [-0.2, 0) is 14.2 Å². The van der Waals surface area contributed by atoms with Crippen LogP contribution < -0.4 is 10.6 Å². The van der Waals surface area contributed by atoms with E-state index < -0.39 is 0 Å². The molecule has 2 fully saturated rings. The number of ether oxygens (including phenoxy) is 3. The topological polar surface area (TPSA) is 64.1 Å². The second kappa shape index (κ2) is 12.4. The number of methoxy groups -OCH3 is 1. The highest BCUT2D eigenvalue weighted by molar-refractivity contribution is 14.0. The number of halogens is 1. The van der Waals surface area contributed by atoms with Crippen molar-refractivity contribution in [3.63, 3.8) is 0 Å². The van der Waals surface area contributed by atoms with Crippen LogP contribution in [0.3, 0.4) is 0 Å². The molecule has 1 saturated heterocycles. The summed E-state index contributed by atoms with van der Waals surface area (Å²) in [5.74, 6) is 0.866. The Hall–Kier alpha value is -0.120. The van der Waals surface area contributed by atoms with Crippen molar-refractivity contribution in [2.24, 2.45) is 10.4 Å². The molecule has 1 saturated carbocycles. The van der Waals surface area contributed by atoms with Gasteiger partial charge in [-0.05, 0) is 31.6 Å². The van der Waals surface area contributed by atoms with Crippen molar-refractivity contribution in [1.82, 2.24) is 10.6 Å². The summed E-state index contributed by atoms with van der Waals surface area (Å²) in [7, 11) is 3.63. The van der Waals surface area contributed by atoms with E-state index >= 15 is 0 Å². The number of aliphatic imine (C=N–C) groups is 1. The van der Waals surface area contributed by atoms with Gasteiger partial charge in [0.05, 0.1) is 5.60 Å². The molecule has 0 spiro atoms. The molecule has 0 atom stereocenters. The first kappa shape index (κ1) is 23.9. The summed E-state index contributed by atoms with van der Waals surface area (Å²) in [6.45, 7) is 6.98. The highest BCUT2D eigenvalue weighted by atomic mass is 127. The van der Waals surface area contributed by atoms with Gasteiger partial charge in [-0.2, -0.15) is 0 Å². The smallest absolute Gasteiger partial charge is 0.191 e. The Bertz CT molecular complexity index is 409. The zero-order chi connectivity index (χ0) is 18.0. The van der Waals surface area contributed by atoms with Crippen LogP contribution in [0.2, 0.25) is 0 Å². The lowest BCUT2D eigenvalue weighted by molar-refractivity contribution is -0.0855. The lowest BCUT2D eigenvalue weighted by atomic mass is 9.83. The van der Waals surface area contributed by atoms with Gasteiger partial charge in [0.2, 0.25) is 0 Å². The second-order valence-corrected chi connectivity index (χ2v) is 7.43. The lowest BCUT2D eigenvalue weighted by Gasteiger charge is -2.36. The van der Waals surface area contributed by atoms with Crippen molar-refractivity contribution in [3.8, 4) is 0 Å². The molecule has 1 aliphatic carbocycles. The Labute approximate surface area is 176 Å². The predicted molar refractivity (Wildman–Crippen MR) is 117 cm³/mol. The van der Waals surface area contributed by atoms with Gasteiger partial charge in [0.1, 0.15) is 0 Å². The third kappa shape index (κ3) is 7.13. The van der Waals surface area contributed by atoms with Crippen LogP contribution >= 0.6 is 24.0 Å². The van der Waals surface area contributed by atoms with Crippen LogP contribution in [0.1, 0.15) is 51.9 Å². The first-order valence-corrected chi connectivity index (χ1v) is 9.83. The minimum atomic E-state index is -0.143. The van der Waals surface area contributed by atoms with Crippen LogP contribution in [0.25, 0.3) is 0 Å². The summed E-state index contributed by atoms with van der Waals surface area (Å²) in [6.07, 6.45) is 8.19. The molecule has 154 valence electrons. The van der Waals surface area contributed by atoms with E-state index in [1.165, 1.54) is 25.7 Å². The van der Waals surface area contributed by atoms with Gasteiger partial charge in [0.15, 0.2) is 5.96 Å². The zero-order valence-corrected chi connectivity index (χ0v) is 19.1. The molecule has 26 heavy (non-hydrogen) atoms. The molecule has 0 aromatic carbocycles. The van der Waals surface area contributed by atoms with Crippen LogP contribution in [0.15, 0.2) is 4.99 Å². The standard InChI is InChI=1S/C19H37N3O3.HI/c1-4-24-12-9-18(7-5-6-8-18)15-21-17(20-2)22-16-19(23-3)10-13-25-14-11-19;/h4-16H2,1-3H3,(H2,20,21,22);1H. The molecule has 2 rings (SSSR count). The van der Waals surface area contributed by atoms with Crippen molar-refractivity contribution in [1.29, 1.82) is 0 Å².